The van der Waals surface area contributed by atoms with Crippen molar-refractivity contribution in [2.45, 2.75) is 0 Å². The van der Waals surface area contributed by atoms with E-state index in [1.54, 1.807) is 0 Å². The van der Waals surface area contributed by atoms with Crippen molar-refractivity contribution in [1.29, 1.82) is 0 Å². The summed E-state index contributed by atoms with van der Waals surface area (Å²) < 4.78 is 3.33. The summed E-state index contributed by atoms with van der Waals surface area (Å²) in [5, 5.41) is 0. The molecule has 0 saturated carbocycles. The third-order valence-electron chi connectivity index (χ3n) is 0.362. The van der Waals surface area contributed by atoms with Crippen molar-refractivity contribution in [3.63, 3.8) is 0 Å². The Kier molecular flexibility index (Phi) is 42.1. The molecule has 0 aromatic rings. The molecule has 1 atom stereocenters. The Morgan fingerprint density at radius 3 is 1.89 bits per heavy atom. The SMILES string of the molecule is [C-]1=[As]C=C[AsH]1.[Cl-].[Cl-].[Cl-].[Zr+4]. The second-order valence-electron chi connectivity index (χ2n) is 0.701. The first-order valence-electron chi connectivity index (χ1n) is 1.35. The van der Waals surface area contributed by atoms with Gasteiger partial charge in [0.05, 0.1) is 0 Å². The summed E-state index contributed by atoms with van der Waals surface area (Å²) in [6.45, 7) is 0. The van der Waals surface area contributed by atoms with Gasteiger partial charge in [0.1, 0.15) is 0 Å². The van der Waals surface area contributed by atoms with E-state index in [9.17, 15) is 0 Å². The number of rotatable bonds is 0. The predicted octanol–water partition coefficient (Wildman–Crippen LogP) is -9.74. The van der Waals surface area contributed by atoms with Gasteiger partial charge in [-0.3, -0.25) is 0 Å². The molecule has 0 aromatic carbocycles. The molecular formula is C3H3As2Cl3Zr. The van der Waals surface area contributed by atoms with Gasteiger partial charge in [0.2, 0.25) is 0 Å². The molecule has 0 fully saturated rings. The summed E-state index contributed by atoms with van der Waals surface area (Å²) >= 11 is 0.729. The maximum absolute atomic E-state index is 3.33. The van der Waals surface area contributed by atoms with Crippen molar-refractivity contribution in [3.05, 3.63) is 9.73 Å². The maximum Gasteiger partial charge on any atom is 4.00 e. The molecular weight excluding hydrogens is 383 g/mol. The van der Waals surface area contributed by atoms with E-state index in [2.05, 4.69) is 13.3 Å². The van der Waals surface area contributed by atoms with E-state index < -0.39 is 0 Å². The van der Waals surface area contributed by atoms with Crippen LogP contribution in [0.15, 0.2) is 9.73 Å². The summed E-state index contributed by atoms with van der Waals surface area (Å²) in [6.07, 6.45) is 0. The maximum atomic E-state index is 3.33. The van der Waals surface area contributed by atoms with Crippen molar-refractivity contribution in [2.24, 2.45) is 0 Å². The quantitative estimate of drug-likeness (QED) is 0.287. The van der Waals surface area contributed by atoms with Gasteiger partial charge in [0.25, 0.3) is 0 Å². The third-order valence-corrected chi connectivity index (χ3v) is 6.32. The van der Waals surface area contributed by atoms with Gasteiger partial charge in [-0.15, -0.1) is 0 Å². The fourth-order valence-electron chi connectivity index (χ4n) is 0.186. The van der Waals surface area contributed by atoms with Crippen LogP contribution in [0.2, 0.25) is 0 Å². The molecule has 0 nitrogen and oxygen atoms in total. The van der Waals surface area contributed by atoms with Gasteiger partial charge < -0.3 is 37.2 Å². The molecule has 1 unspecified atom stereocenters. The minimum Gasteiger partial charge on any atom is -1.00 e. The smallest absolute Gasteiger partial charge is 1.00 e. The Labute approximate surface area is 106 Å². The second-order valence-corrected chi connectivity index (χ2v) is 6.08. The molecule has 0 bridgehead atoms. The van der Waals surface area contributed by atoms with Gasteiger partial charge >= 0.3 is 70.6 Å². The minimum absolute atomic E-state index is 0. The van der Waals surface area contributed by atoms with Crippen LogP contribution in [0.3, 0.4) is 0 Å². The Morgan fingerprint density at radius 1 is 1.22 bits per heavy atom. The van der Waals surface area contributed by atoms with E-state index in [-0.39, 0.29) is 79.2 Å². The molecule has 1 rings (SSSR count). The van der Waals surface area contributed by atoms with Crippen molar-refractivity contribution in [2.75, 3.05) is 0 Å². The van der Waals surface area contributed by atoms with Crippen molar-refractivity contribution < 1.29 is 63.4 Å². The zero-order valence-corrected chi connectivity index (χ0v) is 12.9. The van der Waals surface area contributed by atoms with E-state index in [0.29, 0.717) is 15.3 Å². The van der Waals surface area contributed by atoms with Gasteiger partial charge in [0, 0.05) is 0 Å². The zero-order valence-electron chi connectivity index (χ0n) is 4.24. The predicted molar refractivity (Wildman–Crippen MR) is 27.0 cm³/mol. The molecule has 0 saturated heterocycles. The second kappa shape index (κ2) is 16.8. The first-order chi connectivity index (χ1) is 2.50. The summed E-state index contributed by atoms with van der Waals surface area (Å²) in [4.78, 5) is 4.57. The summed E-state index contributed by atoms with van der Waals surface area (Å²) in [5.74, 6) is 0. The van der Waals surface area contributed by atoms with Gasteiger partial charge in [0.15, 0.2) is 0 Å². The largest absolute Gasteiger partial charge is 4.00 e. The van der Waals surface area contributed by atoms with E-state index in [0.717, 1.165) is 0 Å². The van der Waals surface area contributed by atoms with E-state index >= 15 is 0 Å². The standard InChI is InChI=1S/C3H3As2.3ClH.Zr/c1-2-5-3-4-1;;;;/h1-2,4H;3*1H;/q-1;;;;+4/p-3. The molecule has 1 aliphatic rings. The molecule has 0 aliphatic carbocycles. The van der Waals surface area contributed by atoms with Crippen LogP contribution in [0.1, 0.15) is 0 Å². The normalized spacial score (nSPS) is 14.2. The molecule has 9 heavy (non-hydrogen) atoms. The monoisotopic (exact) mass is 384 g/mol. The van der Waals surface area contributed by atoms with Gasteiger partial charge in [-0.1, -0.05) is 0 Å². The minimum atomic E-state index is 0. The van der Waals surface area contributed by atoms with Crippen LogP contribution in [0.25, 0.3) is 0 Å². The molecule has 1 heterocycles. The molecule has 0 N–H and O–H groups in total. The first-order valence-corrected chi connectivity index (χ1v) is 5.64. The Balaban J connectivity index is -0.0000000312. The topological polar surface area (TPSA) is 0 Å². The molecule has 6 heteroatoms. The van der Waals surface area contributed by atoms with Crippen molar-refractivity contribution >= 4 is 34.7 Å². The zero-order chi connectivity index (χ0) is 3.54. The number of hydrogen-bond acceptors (Lipinski definition) is 0. The fourth-order valence-corrected chi connectivity index (χ4v) is 5.03. The van der Waals surface area contributed by atoms with Crippen LogP contribution < -0.4 is 37.2 Å². The summed E-state index contributed by atoms with van der Waals surface area (Å²) in [7, 11) is 0. The van der Waals surface area contributed by atoms with Crippen molar-refractivity contribution in [3.8, 4) is 0 Å². The molecule has 0 aromatic heterocycles. The molecule has 0 spiro atoms. The van der Waals surface area contributed by atoms with Crippen LogP contribution in [0, 0.1) is 0 Å². The summed E-state index contributed by atoms with van der Waals surface area (Å²) in [6, 6.07) is 0. The van der Waals surface area contributed by atoms with Gasteiger partial charge in [-0.05, 0) is 0 Å². The van der Waals surface area contributed by atoms with Gasteiger partial charge in [-0.25, -0.2) is 0 Å². The van der Waals surface area contributed by atoms with Crippen LogP contribution in [-0.2, 0) is 26.2 Å². The van der Waals surface area contributed by atoms with Crippen LogP contribution in [0.5, 0.6) is 0 Å². The number of hydrogen-bond donors (Lipinski definition) is 0. The average Bonchev–Trinajstić information content (AvgIpc) is 1.76. The third kappa shape index (κ3) is 13.5. The van der Waals surface area contributed by atoms with Crippen molar-refractivity contribution in [1.82, 2.24) is 0 Å². The van der Waals surface area contributed by atoms with Crippen LogP contribution in [0.4, 0.5) is 0 Å². The Hall–Kier alpha value is 2.48. The van der Waals surface area contributed by atoms with E-state index in [1.165, 1.54) is 0 Å². The van der Waals surface area contributed by atoms with E-state index in [1.807, 2.05) is 0 Å². The molecule has 1 aliphatic heterocycles. The molecule has 0 radical (unpaired) electrons. The van der Waals surface area contributed by atoms with Gasteiger partial charge in [-0.2, -0.15) is 0 Å². The first kappa shape index (κ1) is 22.5. The Morgan fingerprint density at radius 2 is 1.78 bits per heavy atom. The Bertz CT molecular complexity index is 75.1. The van der Waals surface area contributed by atoms with E-state index in [4.69, 9.17) is 0 Å². The molecule has 50 valence electrons. The van der Waals surface area contributed by atoms with Crippen LogP contribution >= 0.6 is 0 Å². The molecule has 0 amide bonds. The average molecular weight is 386 g/mol. The summed E-state index contributed by atoms with van der Waals surface area (Å²) in [5.41, 5.74) is 0. The van der Waals surface area contributed by atoms with Crippen LogP contribution in [-0.4, -0.2) is 34.7 Å². The number of halogens is 3. The fraction of sp³-hybridized carbons (Fsp3) is 0.